The van der Waals surface area contributed by atoms with Crippen LogP contribution < -0.4 is 5.32 Å². The van der Waals surface area contributed by atoms with Gasteiger partial charge in [-0.15, -0.1) is 0 Å². The molecule has 2 saturated carbocycles. The van der Waals surface area contributed by atoms with Crippen LogP contribution in [-0.2, 0) is 0 Å². The number of piperidine rings is 1. The van der Waals surface area contributed by atoms with Gasteiger partial charge >= 0.3 is 0 Å². The Morgan fingerprint density at radius 2 is 2.06 bits per heavy atom. The van der Waals surface area contributed by atoms with Crippen molar-refractivity contribution < 1.29 is 5.11 Å². The highest BCUT2D eigenvalue weighted by Crippen LogP contribution is 2.37. The van der Waals surface area contributed by atoms with E-state index in [1.54, 1.807) is 0 Å². The average Bonchev–Trinajstić information content (AvgIpc) is 3.08. The summed E-state index contributed by atoms with van der Waals surface area (Å²) in [7, 11) is 0. The van der Waals surface area contributed by atoms with Crippen LogP contribution in [0.5, 0.6) is 0 Å². The van der Waals surface area contributed by atoms with Crippen LogP contribution in [0.2, 0.25) is 0 Å². The van der Waals surface area contributed by atoms with E-state index in [0.717, 1.165) is 18.9 Å². The maximum absolute atomic E-state index is 9.79. The quantitative estimate of drug-likeness (QED) is 0.802. The Kier molecular flexibility index (Phi) is 3.65. The lowest BCUT2D eigenvalue weighted by molar-refractivity contribution is 0.0929. The predicted molar refractivity (Wildman–Crippen MR) is 73.6 cm³/mol. The van der Waals surface area contributed by atoms with Gasteiger partial charge < -0.3 is 10.4 Å². The smallest absolute Gasteiger partial charge is 0.0614 e. The lowest BCUT2D eigenvalue weighted by Crippen LogP contribution is -2.50. The minimum absolute atomic E-state index is 0.0446. The normalized spacial score (nSPS) is 42.3. The van der Waals surface area contributed by atoms with Crippen LogP contribution in [0.4, 0.5) is 0 Å². The number of hydrogen-bond acceptors (Lipinski definition) is 3. The molecule has 3 unspecified atom stereocenters. The lowest BCUT2D eigenvalue weighted by atomic mass is 9.96. The maximum Gasteiger partial charge on any atom is 0.0614 e. The predicted octanol–water partition coefficient (Wildman–Crippen LogP) is 1.90. The van der Waals surface area contributed by atoms with E-state index in [0.29, 0.717) is 18.7 Å². The largest absolute Gasteiger partial charge is 0.394 e. The number of hydrogen-bond donors (Lipinski definition) is 2. The Balaban J connectivity index is 1.61. The first kappa shape index (κ1) is 12.9. The topological polar surface area (TPSA) is 35.5 Å². The first-order chi connectivity index (χ1) is 8.72. The fraction of sp³-hybridized carbons (Fsp3) is 1.00. The Labute approximate surface area is 111 Å². The van der Waals surface area contributed by atoms with Gasteiger partial charge in [0, 0.05) is 23.7 Å². The summed E-state index contributed by atoms with van der Waals surface area (Å²) in [4.78, 5) is 2.72. The molecule has 18 heavy (non-hydrogen) atoms. The maximum atomic E-state index is 9.79. The molecule has 2 N–H and O–H groups in total. The van der Waals surface area contributed by atoms with Gasteiger partial charge in [-0.25, -0.2) is 0 Å². The number of nitrogens with one attached hydrogen (secondary N) is 1. The van der Waals surface area contributed by atoms with Crippen LogP contribution in [0.3, 0.4) is 0 Å². The monoisotopic (exact) mass is 252 g/mol. The minimum atomic E-state index is 0.0446. The zero-order valence-corrected chi connectivity index (χ0v) is 11.7. The van der Waals surface area contributed by atoms with E-state index in [1.165, 1.54) is 45.1 Å². The molecule has 3 nitrogen and oxygen atoms in total. The molecule has 1 heterocycles. The molecule has 0 aromatic rings. The molecule has 1 saturated heterocycles. The molecule has 104 valence electrons. The second kappa shape index (κ2) is 5.10. The lowest BCUT2D eigenvalue weighted by Gasteiger charge is -2.39. The van der Waals surface area contributed by atoms with Crippen molar-refractivity contribution in [3.05, 3.63) is 0 Å². The van der Waals surface area contributed by atoms with Crippen LogP contribution in [0.1, 0.15) is 58.3 Å². The second-order valence-corrected chi connectivity index (χ2v) is 6.84. The van der Waals surface area contributed by atoms with Crippen molar-refractivity contribution in [1.82, 2.24) is 10.2 Å². The number of aliphatic hydroxyl groups is 1. The van der Waals surface area contributed by atoms with Crippen molar-refractivity contribution in [3.8, 4) is 0 Å². The molecular weight excluding hydrogens is 224 g/mol. The van der Waals surface area contributed by atoms with Gasteiger partial charge in [0.15, 0.2) is 0 Å². The number of rotatable bonds is 4. The van der Waals surface area contributed by atoms with Crippen molar-refractivity contribution in [1.29, 1.82) is 0 Å². The highest BCUT2D eigenvalue weighted by atomic mass is 16.3. The third kappa shape index (κ3) is 2.59. The van der Waals surface area contributed by atoms with Gasteiger partial charge in [-0.2, -0.15) is 0 Å². The molecule has 2 aliphatic carbocycles. The fourth-order valence-electron chi connectivity index (χ4n) is 4.02. The van der Waals surface area contributed by atoms with Crippen LogP contribution in [0.15, 0.2) is 0 Å². The van der Waals surface area contributed by atoms with Gasteiger partial charge in [-0.1, -0.05) is 6.42 Å². The molecule has 3 rings (SSSR count). The summed E-state index contributed by atoms with van der Waals surface area (Å²) >= 11 is 0. The molecule has 3 aliphatic rings. The zero-order chi connectivity index (χ0) is 12.6. The van der Waals surface area contributed by atoms with Gasteiger partial charge in [0.25, 0.3) is 0 Å². The summed E-state index contributed by atoms with van der Waals surface area (Å²) in [5.74, 6) is 0. The van der Waals surface area contributed by atoms with Crippen molar-refractivity contribution in [2.24, 2.45) is 0 Å². The molecule has 0 spiro atoms. The van der Waals surface area contributed by atoms with Crippen molar-refractivity contribution >= 4 is 0 Å². The van der Waals surface area contributed by atoms with Crippen LogP contribution in [0.25, 0.3) is 0 Å². The summed E-state index contributed by atoms with van der Waals surface area (Å²) in [5.41, 5.74) is 0.0446. The molecule has 0 amide bonds. The molecular formula is C15H28N2O. The summed E-state index contributed by atoms with van der Waals surface area (Å²) in [6, 6.07) is 2.16. The van der Waals surface area contributed by atoms with Gasteiger partial charge in [0.05, 0.1) is 6.61 Å². The SMILES string of the molecule is CC1CCCCN1C1CCC(CO)(NC2CC2)C1. The number of likely N-dealkylation sites (tertiary alicyclic amines) is 1. The summed E-state index contributed by atoms with van der Waals surface area (Å²) < 4.78 is 0. The average molecular weight is 252 g/mol. The van der Waals surface area contributed by atoms with E-state index < -0.39 is 0 Å². The first-order valence-corrected chi connectivity index (χ1v) is 7.87. The van der Waals surface area contributed by atoms with Gasteiger partial charge in [0.2, 0.25) is 0 Å². The number of aliphatic hydroxyl groups excluding tert-OH is 1. The first-order valence-electron chi connectivity index (χ1n) is 7.87. The van der Waals surface area contributed by atoms with E-state index in [1.807, 2.05) is 0 Å². The third-order valence-electron chi connectivity index (χ3n) is 5.30. The second-order valence-electron chi connectivity index (χ2n) is 6.84. The Morgan fingerprint density at radius 3 is 2.72 bits per heavy atom. The van der Waals surface area contributed by atoms with E-state index in [4.69, 9.17) is 0 Å². The standard InChI is InChI=1S/C15H28N2O/c1-12-4-2-3-9-17(12)14-7-8-15(10-14,11-18)16-13-5-6-13/h12-14,16,18H,2-11H2,1H3. The van der Waals surface area contributed by atoms with E-state index in [2.05, 4.69) is 17.1 Å². The molecule has 0 aromatic carbocycles. The van der Waals surface area contributed by atoms with E-state index in [-0.39, 0.29) is 5.54 Å². The van der Waals surface area contributed by atoms with Gasteiger partial charge in [-0.05, 0) is 58.4 Å². The Morgan fingerprint density at radius 1 is 1.22 bits per heavy atom. The number of nitrogens with zero attached hydrogens (tertiary/aromatic N) is 1. The summed E-state index contributed by atoms with van der Waals surface area (Å²) in [6.45, 7) is 3.98. The summed E-state index contributed by atoms with van der Waals surface area (Å²) in [5, 5.41) is 13.5. The van der Waals surface area contributed by atoms with Crippen LogP contribution >= 0.6 is 0 Å². The Bertz CT molecular complexity index is 292. The molecule has 0 radical (unpaired) electrons. The molecule has 0 aromatic heterocycles. The fourth-order valence-corrected chi connectivity index (χ4v) is 4.02. The zero-order valence-electron chi connectivity index (χ0n) is 11.7. The van der Waals surface area contributed by atoms with Crippen molar-refractivity contribution in [2.45, 2.75) is 82.0 Å². The van der Waals surface area contributed by atoms with Crippen LogP contribution in [0, 0.1) is 0 Å². The highest BCUT2D eigenvalue weighted by Gasteiger charge is 2.44. The molecule has 3 fully saturated rings. The minimum Gasteiger partial charge on any atom is -0.394 e. The van der Waals surface area contributed by atoms with Crippen molar-refractivity contribution in [2.75, 3.05) is 13.2 Å². The molecule has 0 bridgehead atoms. The Hall–Kier alpha value is -0.120. The molecule has 3 heteroatoms. The third-order valence-corrected chi connectivity index (χ3v) is 5.30. The molecule has 1 aliphatic heterocycles. The molecule has 3 atom stereocenters. The van der Waals surface area contributed by atoms with Crippen molar-refractivity contribution in [3.63, 3.8) is 0 Å². The highest BCUT2D eigenvalue weighted by molar-refractivity contribution is 5.03. The summed E-state index contributed by atoms with van der Waals surface area (Å²) in [6.07, 6.45) is 10.3. The van der Waals surface area contributed by atoms with Crippen LogP contribution in [-0.4, -0.2) is 46.8 Å². The van der Waals surface area contributed by atoms with E-state index in [9.17, 15) is 5.11 Å². The van der Waals surface area contributed by atoms with Gasteiger partial charge in [-0.3, -0.25) is 4.90 Å². The van der Waals surface area contributed by atoms with E-state index >= 15 is 0 Å². The van der Waals surface area contributed by atoms with Gasteiger partial charge in [0.1, 0.15) is 0 Å².